The first-order valence-corrected chi connectivity index (χ1v) is 9.87. The molecule has 7 heteroatoms. The fourth-order valence-corrected chi connectivity index (χ4v) is 3.86. The number of benzene rings is 1. The van der Waals surface area contributed by atoms with Crippen LogP contribution < -0.4 is 5.32 Å². The number of fused-ring (bicyclic) bond motifs is 1. The molecular weight excluding hydrogens is 342 g/mol. The molecule has 2 aromatic heterocycles. The summed E-state index contributed by atoms with van der Waals surface area (Å²) in [7, 11) is 0. The van der Waals surface area contributed by atoms with Gasteiger partial charge in [0, 0.05) is 18.0 Å². The number of nitrogens with zero attached hydrogens (tertiary/aromatic N) is 2. The predicted octanol–water partition coefficient (Wildman–Crippen LogP) is 2.93. The number of aromatic nitrogens is 2. The normalized spacial score (nSPS) is 12.4. The Morgan fingerprint density at radius 1 is 1.42 bits per heavy atom. The Labute approximate surface area is 148 Å². The first-order chi connectivity index (χ1) is 11.7. The van der Waals surface area contributed by atoms with E-state index >= 15 is 0 Å². The van der Waals surface area contributed by atoms with Crippen LogP contribution in [0.1, 0.15) is 16.8 Å². The van der Waals surface area contributed by atoms with Gasteiger partial charge in [-0.05, 0) is 48.8 Å². The monoisotopic (exact) mass is 361 g/mol. The Bertz CT molecular complexity index is 814. The van der Waals surface area contributed by atoms with Crippen LogP contribution in [0.2, 0.25) is 0 Å². The van der Waals surface area contributed by atoms with Crippen molar-refractivity contribution >= 4 is 39.2 Å². The van der Waals surface area contributed by atoms with E-state index in [2.05, 4.69) is 10.3 Å². The average molecular weight is 361 g/mol. The molecule has 3 rings (SSSR count). The zero-order valence-corrected chi connectivity index (χ0v) is 14.9. The number of rotatable bonds is 7. The SMILES string of the molecule is CSCC[C@@H](CO)NC(=O)c1ccc2nc(-n3cccc3)sc2c1. The molecule has 0 spiro atoms. The summed E-state index contributed by atoms with van der Waals surface area (Å²) < 4.78 is 2.92. The molecule has 1 atom stereocenters. The van der Waals surface area contributed by atoms with E-state index in [1.165, 1.54) is 0 Å². The molecule has 0 aliphatic carbocycles. The van der Waals surface area contributed by atoms with Crippen LogP contribution in [0.25, 0.3) is 15.3 Å². The van der Waals surface area contributed by atoms with Gasteiger partial charge in [0.1, 0.15) is 0 Å². The lowest BCUT2D eigenvalue weighted by Crippen LogP contribution is -2.37. The number of carbonyl (C=O) groups excluding carboxylic acids is 1. The van der Waals surface area contributed by atoms with E-state index in [1.807, 2.05) is 47.5 Å². The number of hydrogen-bond donors (Lipinski definition) is 2. The molecule has 126 valence electrons. The summed E-state index contributed by atoms with van der Waals surface area (Å²) in [6.07, 6.45) is 6.66. The first kappa shape index (κ1) is 17.0. The van der Waals surface area contributed by atoms with Gasteiger partial charge in [-0.15, -0.1) is 0 Å². The molecule has 0 fully saturated rings. The van der Waals surface area contributed by atoms with Gasteiger partial charge in [0.05, 0.1) is 22.9 Å². The van der Waals surface area contributed by atoms with E-state index in [9.17, 15) is 9.90 Å². The van der Waals surface area contributed by atoms with Gasteiger partial charge in [0.15, 0.2) is 5.13 Å². The quantitative estimate of drug-likeness (QED) is 0.679. The summed E-state index contributed by atoms with van der Waals surface area (Å²) in [4.78, 5) is 17.0. The standard InChI is InChI=1S/C17H19N3O2S2/c1-23-9-6-13(11-21)18-16(22)12-4-5-14-15(10-12)24-17(19-14)20-7-2-3-8-20/h2-5,7-8,10,13,21H,6,9,11H2,1H3,(H,18,22)/t13-/m0/s1. The Balaban J connectivity index is 1.78. The zero-order chi connectivity index (χ0) is 16.9. The predicted molar refractivity (Wildman–Crippen MR) is 100 cm³/mol. The lowest BCUT2D eigenvalue weighted by Gasteiger charge is -2.15. The summed E-state index contributed by atoms with van der Waals surface area (Å²) in [5.41, 5.74) is 1.47. The van der Waals surface area contributed by atoms with Gasteiger partial charge in [0.25, 0.3) is 5.91 Å². The van der Waals surface area contributed by atoms with Crippen molar-refractivity contribution in [1.82, 2.24) is 14.9 Å². The summed E-state index contributed by atoms with van der Waals surface area (Å²) in [5, 5.41) is 13.2. The third-order valence-electron chi connectivity index (χ3n) is 3.69. The summed E-state index contributed by atoms with van der Waals surface area (Å²) in [6.45, 7) is -0.0487. The Hall–Kier alpha value is -1.83. The second-order valence-electron chi connectivity index (χ2n) is 5.40. The molecule has 0 saturated carbocycles. The highest BCUT2D eigenvalue weighted by molar-refractivity contribution is 7.98. The molecule has 0 unspecified atom stereocenters. The minimum atomic E-state index is -0.211. The third kappa shape index (κ3) is 3.80. The van der Waals surface area contributed by atoms with Crippen molar-refractivity contribution in [1.29, 1.82) is 0 Å². The lowest BCUT2D eigenvalue weighted by molar-refractivity contribution is 0.0915. The second kappa shape index (κ2) is 7.83. The minimum Gasteiger partial charge on any atom is -0.394 e. The number of carbonyl (C=O) groups is 1. The molecule has 1 amide bonds. The highest BCUT2D eigenvalue weighted by Gasteiger charge is 2.14. The first-order valence-electron chi connectivity index (χ1n) is 7.66. The molecule has 2 heterocycles. The number of aliphatic hydroxyl groups is 1. The van der Waals surface area contributed by atoms with Crippen molar-refractivity contribution in [2.45, 2.75) is 12.5 Å². The molecular formula is C17H19N3O2S2. The Kier molecular flexibility index (Phi) is 5.55. The van der Waals surface area contributed by atoms with Crippen molar-refractivity contribution in [2.24, 2.45) is 0 Å². The van der Waals surface area contributed by atoms with E-state index in [4.69, 9.17) is 0 Å². The fraction of sp³-hybridized carbons (Fsp3) is 0.294. The van der Waals surface area contributed by atoms with Gasteiger partial charge in [-0.25, -0.2) is 4.98 Å². The highest BCUT2D eigenvalue weighted by Crippen LogP contribution is 2.26. The van der Waals surface area contributed by atoms with Crippen LogP contribution >= 0.6 is 23.1 Å². The van der Waals surface area contributed by atoms with E-state index in [0.717, 1.165) is 27.5 Å². The minimum absolute atomic E-state index is 0.0487. The van der Waals surface area contributed by atoms with Crippen LogP contribution in [0.5, 0.6) is 0 Å². The maximum absolute atomic E-state index is 12.4. The zero-order valence-electron chi connectivity index (χ0n) is 13.3. The lowest BCUT2D eigenvalue weighted by atomic mass is 10.1. The van der Waals surface area contributed by atoms with Crippen LogP contribution in [-0.2, 0) is 0 Å². The topological polar surface area (TPSA) is 67.2 Å². The molecule has 5 nitrogen and oxygen atoms in total. The maximum Gasteiger partial charge on any atom is 0.251 e. The molecule has 3 aromatic rings. The van der Waals surface area contributed by atoms with Crippen LogP contribution in [0, 0.1) is 0 Å². The van der Waals surface area contributed by atoms with Crippen LogP contribution in [0.4, 0.5) is 0 Å². The average Bonchev–Trinajstić information content (AvgIpc) is 3.26. The van der Waals surface area contributed by atoms with E-state index in [1.54, 1.807) is 29.2 Å². The van der Waals surface area contributed by atoms with Crippen LogP contribution in [-0.4, -0.2) is 45.2 Å². The number of aliphatic hydroxyl groups excluding tert-OH is 1. The number of nitrogens with one attached hydrogen (secondary N) is 1. The summed E-state index contributed by atoms with van der Waals surface area (Å²) in [5.74, 6) is 0.743. The third-order valence-corrected chi connectivity index (χ3v) is 5.37. The van der Waals surface area contributed by atoms with E-state index in [-0.39, 0.29) is 18.6 Å². The van der Waals surface area contributed by atoms with E-state index in [0.29, 0.717) is 5.56 Å². The molecule has 24 heavy (non-hydrogen) atoms. The Morgan fingerprint density at radius 2 is 2.21 bits per heavy atom. The van der Waals surface area contributed by atoms with Gasteiger partial charge in [0.2, 0.25) is 0 Å². The number of thioether (sulfide) groups is 1. The Morgan fingerprint density at radius 3 is 2.92 bits per heavy atom. The van der Waals surface area contributed by atoms with E-state index < -0.39 is 0 Å². The number of thiazole rings is 1. The summed E-state index contributed by atoms with van der Waals surface area (Å²) in [6, 6.07) is 9.20. The highest BCUT2D eigenvalue weighted by atomic mass is 32.2. The van der Waals surface area contributed by atoms with Crippen molar-refractivity contribution in [3.05, 3.63) is 48.3 Å². The maximum atomic E-state index is 12.4. The van der Waals surface area contributed by atoms with Crippen molar-refractivity contribution in [3.8, 4) is 5.13 Å². The van der Waals surface area contributed by atoms with Crippen LogP contribution in [0.3, 0.4) is 0 Å². The number of hydrogen-bond acceptors (Lipinski definition) is 5. The van der Waals surface area contributed by atoms with Crippen molar-refractivity contribution in [3.63, 3.8) is 0 Å². The van der Waals surface area contributed by atoms with Gasteiger partial charge >= 0.3 is 0 Å². The van der Waals surface area contributed by atoms with Gasteiger partial charge in [-0.1, -0.05) is 11.3 Å². The smallest absolute Gasteiger partial charge is 0.251 e. The molecule has 2 N–H and O–H groups in total. The fourth-order valence-electron chi connectivity index (χ4n) is 2.36. The second-order valence-corrected chi connectivity index (χ2v) is 7.40. The number of amides is 1. The molecule has 0 aliphatic heterocycles. The van der Waals surface area contributed by atoms with Crippen molar-refractivity contribution in [2.75, 3.05) is 18.6 Å². The van der Waals surface area contributed by atoms with Gasteiger partial charge in [-0.2, -0.15) is 11.8 Å². The molecule has 0 aliphatic rings. The molecule has 0 saturated heterocycles. The molecule has 1 aromatic carbocycles. The molecule has 0 bridgehead atoms. The van der Waals surface area contributed by atoms with Gasteiger partial charge in [-0.3, -0.25) is 4.79 Å². The van der Waals surface area contributed by atoms with Gasteiger partial charge < -0.3 is 15.0 Å². The largest absolute Gasteiger partial charge is 0.394 e. The van der Waals surface area contributed by atoms with Crippen LogP contribution in [0.15, 0.2) is 42.7 Å². The summed E-state index contributed by atoms with van der Waals surface area (Å²) >= 11 is 3.24. The van der Waals surface area contributed by atoms with Crippen molar-refractivity contribution < 1.29 is 9.90 Å². The molecule has 0 radical (unpaired) electrons.